The van der Waals surface area contributed by atoms with Crippen LogP contribution in [0.1, 0.15) is 16.7 Å². The van der Waals surface area contributed by atoms with E-state index in [-0.39, 0.29) is 11.2 Å². The summed E-state index contributed by atoms with van der Waals surface area (Å²) in [5, 5.41) is 0.453. The Bertz CT molecular complexity index is 1160. The third kappa shape index (κ3) is 3.91. The van der Waals surface area contributed by atoms with Crippen molar-refractivity contribution in [1.82, 2.24) is 0 Å². The molecule has 4 nitrogen and oxygen atoms in total. The SMILES string of the molecule is Cc1cc(C)cc(Oc2coc3cc(OCc4ccccc4)ccc3c2=O)c1. The Morgan fingerprint density at radius 3 is 2.36 bits per heavy atom. The normalized spacial score (nSPS) is 10.8. The van der Waals surface area contributed by atoms with Crippen molar-refractivity contribution < 1.29 is 13.9 Å². The molecule has 0 aliphatic rings. The minimum atomic E-state index is -0.213. The lowest BCUT2D eigenvalue weighted by molar-refractivity contribution is 0.306. The Labute approximate surface area is 163 Å². The molecular weight excluding hydrogens is 352 g/mol. The molecule has 0 aliphatic carbocycles. The lowest BCUT2D eigenvalue weighted by Crippen LogP contribution is -2.05. The van der Waals surface area contributed by atoms with E-state index in [0.717, 1.165) is 16.7 Å². The zero-order valence-electron chi connectivity index (χ0n) is 15.8. The molecule has 4 heteroatoms. The van der Waals surface area contributed by atoms with Crippen molar-refractivity contribution in [3.8, 4) is 17.2 Å². The van der Waals surface area contributed by atoms with Crippen molar-refractivity contribution in [3.63, 3.8) is 0 Å². The summed E-state index contributed by atoms with van der Waals surface area (Å²) in [6, 6.07) is 20.9. The molecule has 0 unspecified atom stereocenters. The lowest BCUT2D eigenvalue weighted by Gasteiger charge is -2.09. The number of ether oxygens (including phenoxy) is 2. The van der Waals surface area contributed by atoms with Crippen LogP contribution >= 0.6 is 0 Å². The molecule has 1 aromatic heterocycles. The fraction of sp³-hybridized carbons (Fsp3) is 0.125. The van der Waals surface area contributed by atoms with Gasteiger partial charge in [-0.15, -0.1) is 0 Å². The molecule has 0 aliphatic heterocycles. The minimum Gasteiger partial charge on any atom is -0.489 e. The smallest absolute Gasteiger partial charge is 0.235 e. The Balaban J connectivity index is 1.58. The van der Waals surface area contributed by atoms with Gasteiger partial charge in [-0.05, 0) is 54.8 Å². The fourth-order valence-corrected chi connectivity index (χ4v) is 3.11. The molecular formula is C24H20O4. The van der Waals surface area contributed by atoms with Gasteiger partial charge in [0.05, 0.1) is 5.39 Å². The molecule has 4 rings (SSSR count). The topological polar surface area (TPSA) is 48.7 Å². The molecule has 140 valence electrons. The highest BCUT2D eigenvalue weighted by Gasteiger charge is 2.11. The first kappa shape index (κ1) is 17.9. The average Bonchev–Trinajstić information content (AvgIpc) is 2.68. The van der Waals surface area contributed by atoms with Crippen molar-refractivity contribution in [2.45, 2.75) is 20.5 Å². The maximum absolute atomic E-state index is 12.8. The zero-order valence-corrected chi connectivity index (χ0v) is 15.8. The summed E-state index contributed by atoms with van der Waals surface area (Å²) >= 11 is 0. The molecule has 0 spiro atoms. The van der Waals surface area contributed by atoms with Crippen LogP contribution in [-0.4, -0.2) is 0 Å². The first-order valence-corrected chi connectivity index (χ1v) is 9.07. The molecule has 28 heavy (non-hydrogen) atoms. The Morgan fingerprint density at radius 2 is 1.61 bits per heavy atom. The van der Waals surface area contributed by atoms with E-state index in [0.29, 0.717) is 29.1 Å². The summed E-state index contributed by atoms with van der Waals surface area (Å²) in [6.45, 7) is 4.42. The Morgan fingerprint density at radius 1 is 0.857 bits per heavy atom. The Hall–Kier alpha value is -3.53. The molecule has 0 radical (unpaired) electrons. The number of benzene rings is 3. The quantitative estimate of drug-likeness (QED) is 0.445. The highest BCUT2D eigenvalue weighted by Crippen LogP contribution is 2.25. The fourth-order valence-electron chi connectivity index (χ4n) is 3.11. The van der Waals surface area contributed by atoms with Crippen molar-refractivity contribution >= 4 is 11.0 Å². The predicted molar refractivity (Wildman–Crippen MR) is 109 cm³/mol. The third-order valence-electron chi connectivity index (χ3n) is 4.39. The van der Waals surface area contributed by atoms with Gasteiger partial charge < -0.3 is 13.9 Å². The molecule has 0 atom stereocenters. The van der Waals surface area contributed by atoms with Gasteiger partial charge in [0.25, 0.3) is 0 Å². The van der Waals surface area contributed by atoms with E-state index in [1.165, 1.54) is 6.26 Å². The lowest BCUT2D eigenvalue weighted by atomic mass is 10.1. The number of hydrogen-bond donors (Lipinski definition) is 0. The van der Waals surface area contributed by atoms with Gasteiger partial charge in [-0.2, -0.15) is 0 Å². The van der Waals surface area contributed by atoms with Crippen LogP contribution in [0.15, 0.2) is 82.2 Å². The standard InChI is InChI=1S/C24H20O4/c1-16-10-17(2)12-20(11-16)28-23-15-27-22-13-19(8-9-21(22)24(23)25)26-14-18-6-4-3-5-7-18/h3-13,15H,14H2,1-2H3. The molecule has 1 heterocycles. The van der Waals surface area contributed by atoms with Crippen molar-refractivity contribution in [1.29, 1.82) is 0 Å². The monoisotopic (exact) mass is 372 g/mol. The molecule has 3 aromatic carbocycles. The van der Waals surface area contributed by atoms with Gasteiger partial charge in [0.2, 0.25) is 11.2 Å². The first-order chi connectivity index (χ1) is 13.6. The van der Waals surface area contributed by atoms with Crippen molar-refractivity contribution in [2.75, 3.05) is 0 Å². The van der Waals surface area contributed by atoms with E-state index in [2.05, 4.69) is 0 Å². The molecule has 4 aromatic rings. The van der Waals surface area contributed by atoms with Gasteiger partial charge >= 0.3 is 0 Å². The van der Waals surface area contributed by atoms with Crippen LogP contribution in [0.5, 0.6) is 17.2 Å². The first-order valence-electron chi connectivity index (χ1n) is 9.07. The molecule has 0 saturated heterocycles. The number of aryl methyl sites for hydroxylation is 2. The van der Waals surface area contributed by atoms with Crippen molar-refractivity contribution in [2.24, 2.45) is 0 Å². The Kier molecular flexibility index (Phi) is 4.85. The van der Waals surface area contributed by atoms with Crippen LogP contribution in [0, 0.1) is 13.8 Å². The molecule has 0 fully saturated rings. The van der Waals surface area contributed by atoms with Crippen LogP contribution in [0.3, 0.4) is 0 Å². The van der Waals surface area contributed by atoms with Gasteiger partial charge in [0, 0.05) is 6.07 Å². The van der Waals surface area contributed by atoms with E-state index >= 15 is 0 Å². The largest absolute Gasteiger partial charge is 0.489 e. The number of hydrogen-bond acceptors (Lipinski definition) is 4. The minimum absolute atomic E-state index is 0.162. The summed E-state index contributed by atoms with van der Waals surface area (Å²) in [4.78, 5) is 12.8. The van der Waals surface area contributed by atoms with E-state index in [1.807, 2.05) is 62.4 Å². The summed E-state index contributed by atoms with van der Waals surface area (Å²) in [6.07, 6.45) is 1.35. The summed E-state index contributed by atoms with van der Waals surface area (Å²) in [5.41, 5.74) is 3.46. The second-order valence-corrected chi connectivity index (χ2v) is 6.79. The van der Waals surface area contributed by atoms with Crippen molar-refractivity contribution in [3.05, 3.63) is 99.9 Å². The van der Waals surface area contributed by atoms with Gasteiger partial charge in [0.15, 0.2) is 0 Å². The third-order valence-corrected chi connectivity index (χ3v) is 4.39. The summed E-state index contributed by atoms with van der Waals surface area (Å²) < 4.78 is 17.2. The van der Waals surface area contributed by atoms with Crippen LogP contribution in [0.2, 0.25) is 0 Å². The van der Waals surface area contributed by atoms with E-state index in [1.54, 1.807) is 18.2 Å². The highest BCUT2D eigenvalue weighted by molar-refractivity contribution is 5.79. The van der Waals surface area contributed by atoms with E-state index in [4.69, 9.17) is 13.9 Å². The molecule has 0 saturated carbocycles. The predicted octanol–water partition coefficient (Wildman–Crippen LogP) is 5.78. The second-order valence-electron chi connectivity index (χ2n) is 6.79. The second kappa shape index (κ2) is 7.61. The average molecular weight is 372 g/mol. The maximum atomic E-state index is 12.8. The highest BCUT2D eigenvalue weighted by atomic mass is 16.5. The van der Waals surface area contributed by atoms with E-state index in [9.17, 15) is 4.79 Å². The molecule has 0 bridgehead atoms. The van der Waals surface area contributed by atoms with Crippen LogP contribution < -0.4 is 14.9 Å². The molecule has 0 N–H and O–H groups in total. The van der Waals surface area contributed by atoms with Gasteiger partial charge in [-0.1, -0.05) is 36.4 Å². The van der Waals surface area contributed by atoms with Gasteiger partial charge in [0.1, 0.15) is 30.0 Å². The van der Waals surface area contributed by atoms with Crippen LogP contribution in [0.25, 0.3) is 11.0 Å². The van der Waals surface area contributed by atoms with Crippen LogP contribution in [-0.2, 0) is 6.61 Å². The molecule has 0 amide bonds. The van der Waals surface area contributed by atoms with Crippen LogP contribution in [0.4, 0.5) is 0 Å². The number of rotatable bonds is 5. The summed E-state index contributed by atoms with van der Waals surface area (Å²) in [7, 11) is 0. The summed E-state index contributed by atoms with van der Waals surface area (Å²) in [5.74, 6) is 1.42. The maximum Gasteiger partial charge on any atom is 0.235 e. The zero-order chi connectivity index (χ0) is 19.5. The number of fused-ring (bicyclic) bond motifs is 1. The van der Waals surface area contributed by atoms with E-state index < -0.39 is 0 Å². The van der Waals surface area contributed by atoms with Gasteiger partial charge in [-0.3, -0.25) is 4.79 Å². The van der Waals surface area contributed by atoms with Gasteiger partial charge in [-0.25, -0.2) is 0 Å².